The largest absolute Gasteiger partial charge is 0.326 e. The van der Waals surface area contributed by atoms with Gasteiger partial charge in [0.2, 0.25) is 11.8 Å². The van der Waals surface area contributed by atoms with Gasteiger partial charge in [0.05, 0.1) is 17.0 Å². The average Bonchev–Trinajstić information content (AvgIpc) is 2.82. The van der Waals surface area contributed by atoms with Crippen molar-refractivity contribution in [3.05, 3.63) is 53.6 Å². The molecule has 0 bridgehead atoms. The summed E-state index contributed by atoms with van der Waals surface area (Å²) in [5.74, 6) is -0.742. The number of carbonyl (C=O) groups is 2. The van der Waals surface area contributed by atoms with E-state index < -0.39 is 15.9 Å². The number of nitrogens with one attached hydrogen (secondary N) is 1. The average molecular weight is 344 g/mol. The Morgan fingerprint density at radius 1 is 1.12 bits per heavy atom. The van der Waals surface area contributed by atoms with Crippen molar-refractivity contribution < 1.29 is 18.0 Å². The lowest BCUT2D eigenvalue weighted by atomic mass is 10.1. The molecule has 3 rings (SSSR count). The van der Waals surface area contributed by atoms with E-state index in [2.05, 4.69) is 5.32 Å². The third-order valence-corrected chi connectivity index (χ3v) is 5.49. The molecule has 0 radical (unpaired) electrons. The molecule has 0 fully saturated rings. The number of benzene rings is 2. The maximum absolute atomic E-state index is 12.8. The Morgan fingerprint density at radius 3 is 2.42 bits per heavy atom. The van der Waals surface area contributed by atoms with Crippen LogP contribution in [0, 0.1) is 6.92 Å². The highest BCUT2D eigenvalue weighted by atomic mass is 32.2. The molecule has 0 aromatic heterocycles. The van der Waals surface area contributed by atoms with Crippen LogP contribution in [0.15, 0.2) is 47.4 Å². The van der Waals surface area contributed by atoms with Gasteiger partial charge in [0, 0.05) is 12.6 Å². The molecule has 0 spiro atoms. The van der Waals surface area contributed by atoms with Crippen LogP contribution in [0.3, 0.4) is 0 Å². The molecule has 0 atom stereocenters. The number of amides is 2. The Bertz CT molecular complexity index is 934. The Kier molecular flexibility index (Phi) is 3.88. The summed E-state index contributed by atoms with van der Waals surface area (Å²) < 4.78 is 26.5. The van der Waals surface area contributed by atoms with Crippen LogP contribution in [0.4, 0.5) is 11.4 Å². The molecule has 124 valence electrons. The molecule has 1 aliphatic rings. The van der Waals surface area contributed by atoms with Gasteiger partial charge in [-0.15, -0.1) is 0 Å². The van der Waals surface area contributed by atoms with Crippen LogP contribution < -0.4 is 9.62 Å². The van der Waals surface area contributed by atoms with Gasteiger partial charge >= 0.3 is 0 Å². The quantitative estimate of drug-likeness (QED) is 0.925. The number of sulfonamides is 1. The van der Waals surface area contributed by atoms with Crippen molar-refractivity contribution in [1.29, 1.82) is 0 Å². The third kappa shape index (κ3) is 2.78. The SMILES string of the molecule is CC(=O)Nc1ccc2c(c1)CC(=O)N2S(=O)(=O)c1ccc(C)cc1. The standard InChI is InChI=1S/C17H16N2O4S/c1-11-3-6-15(7-4-11)24(22,23)19-16-8-5-14(18-12(2)20)9-13(16)10-17(19)21/h3-9H,10H2,1-2H3,(H,18,20). The van der Waals surface area contributed by atoms with Gasteiger partial charge in [0.15, 0.2) is 0 Å². The van der Waals surface area contributed by atoms with Crippen LogP contribution in [0.1, 0.15) is 18.1 Å². The Labute approximate surface area is 140 Å². The first-order chi connectivity index (χ1) is 11.3. The molecule has 0 unspecified atom stereocenters. The first-order valence-electron chi connectivity index (χ1n) is 7.34. The fourth-order valence-electron chi connectivity index (χ4n) is 2.65. The minimum Gasteiger partial charge on any atom is -0.326 e. The van der Waals surface area contributed by atoms with Crippen molar-refractivity contribution >= 4 is 33.2 Å². The van der Waals surface area contributed by atoms with Crippen LogP contribution in [0.2, 0.25) is 0 Å². The van der Waals surface area contributed by atoms with Gasteiger partial charge in [-0.2, -0.15) is 0 Å². The summed E-state index contributed by atoms with van der Waals surface area (Å²) in [7, 11) is -3.96. The highest BCUT2D eigenvalue weighted by Crippen LogP contribution is 2.35. The molecule has 0 aliphatic carbocycles. The van der Waals surface area contributed by atoms with E-state index >= 15 is 0 Å². The smallest absolute Gasteiger partial charge is 0.270 e. The molecule has 0 saturated carbocycles. The monoisotopic (exact) mass is 344 g/mol. The Balaban J connectivity index is 2.03. The van der Waals surface area contributed by atoms with Gasteiger partial charge in [-0.05, 0) is 42.8 Å². The summed E-state index contributed by atoms with van der Waals surface area (Å²) in [5.41, 5.74) is 2.36. The lowest BCUT2D eigenvalue weighted by Gasteiger charge is -2.18. The topological polar surface area (TPSA) is 83.6 Å². The summed E-state index contributed by atoms with van der Waals surface area (Å²) in [6.45, 7) is 3.24. The van der Waals surface area contributed by atoms with Gasteiger partial charge in [-0.25, -0.2) is 12.7 Å². The number of fused-ring (bicyclic) bond motifs is 1. The fourth-order valence-corrected chi connectivity index (χ4v) is 4.12. The highest BCUT2D eigenvalue weighted by molar-refractivity contribution is 7.93. The van der Waals surface area contributed by atoms with E-state index in [1.807, 2.05) is 6.92 Å². The van der Waals surface area contributed by atoms with Crippen LogP contribution in [0.5, 0.6) is 0 Å². The Morgan fingerprint density at radius 2 is 1.79 bits per heavy atom. The minimum atomic E-state index is -3.96. The normalized spacial score (nSPS) is 13.8. The first kappa shape index (κ1) is 16.2. The maximum Gasteiger partial charge on any atom is 0.270 e. The molecule has 7 heteroatoms. The van der Waals surface area contributed by atoms with Crippen LogP contribution in [-0.2, 0) is 26.0 Å². The van der Waals surface area contributed by atoms with E-state index in [1.165, 1.54) is 25.1 Å². The first-order valence-corrected chi connectivity index (χ1v) is 8.78. The number of hydrogen-bond donors (Lipinski definition) is 1. The summed E-state index contributed by atoms with van der Waals surface area (Å²) >= 11 is 0. The molecule has 1 heterocycles. The molecule has 6 nitrogen and oxygen atoms in total. The maximum atomic E-state index is 12.8. The lowest BCUT2D eigenvalue weighted by Crippen LogP contribution is -2.33. The lowest BCUT2D eigenvalue weighted by molar-refractivity contribution is -0.116. The second kappa shape index (κ2) is 5.76. The van der Waals surface area contributed by atoms with Crippen molar-refractivity contribution in [2.75, 3.05) is 9.62 Å². The van der Waals surface area contributed by atoms with Crippen molar-refractivity contribution in [1.82, 2.24) is 0 Å². The third-order valence-electron chi connectivity index (χ3n) is 3.75. The number of aryl methyl sites for hydroxylation is 1. The molecule has 2 aromatic carbocycles. The summed E-state index contributed by atoms with van der Waals surface area (Å²) in [4.78, 5) is 23.5. The van der Waals surface area contributed by atoms with E-state index in [1.54, 1.807) is 24.3 Å². The summed E-state index contributed by atoms with van der Waals surface area (Å²) in [5, 5.41) is 2.62. The van der Waals surface area contributed by atoms with Crippen LogP contribution >= 0.6 is 0 Å². The molecule has 0 saturated heterocycles. The molecular formula is C17H16N2O4S. The second-order valence-electron chi connectivity index (χ2n) is 5.68. The number of nitrogens with zero attached hydrogens (tertiary/aromatic N) is 1. The van der Waals surface area contributed by atoms with Crippen molar-refractivity contribution in [2.24, 2.45) is 0 Å². The summed E-state index contributed by atoms with van der Waals surface area (Å²) in [6, 6.07) is 11.1. The Hall–Kier alpha value is -2.67. The number of hydrogen-bond acceptors (Lipinski definition) is 4. The zero-order chi connectivity index (χ0) is 17.5. The zero-order valence-corrected chi connectivity index (χ0v) is 14.1. The summed E-state index contributed by atoms with van der Waals surface area (Å²) in [6.07, 6.45) is -0.0200. The number of rotatable bonds is 3. The minimum absolute atomic E-state index is 0.0200. The molecule has 1 aliphatic heterocycles. The van der Waals surface area contributed by atoms with Gasteiger partial charge in [-0.3, -0.25) is 9.59 Å². The van der Waals surface area contributed by atoms with E-state index in [0.717, 1.165) is 9.87 Å². The van der Waals surface area contributed by atoms with Gasteiger partial charge in [0.25, 0.3) is 10.0 Å². The second-order valence-corrected chi connectivity index (χ2v) is 7.46. The molecule has 2 amide bonds. The fraction of sp³-hybridized carbons (Fsp3) is 0.176. The van der Waals surface area contributed by atoms with E-state index in [4.69, 9.17) is 0 Å². The molecule has 1 N–H and O–H groups in total. The molecule has 24 heavy (non-hydrogen) atoms. The predicted octanol–water partition coefficient (Wildman–Crippen LogP) is 2.23. The van der Waals surface area contributed by atoms with Crippen LogP contribution in [-0.4, -0.2) is 20.2 Å². The van der Waals surface area contributed by atoms with E-state index in [-0.39, 0.29) is 17.2 Å². The predicted molar refractivity (Wildman–Crippen MR) is 90.3 cm³/mol. The van der Waals surface area contributed by atoms with Crippen molar-refractivity contribution in [2.45, 2.75) is 25.2 Å². The molecular weight excluding hydrogens is 328 g/mol. The van der Waals surface area contributed by atoms with E-state index in [0.29, 0.717) is 16.9 Å². The molecule has 2 aromatic rings. The number of carbonyl (C=O) groups excluding carboxylic acids is 2. The highest BCUT2D eigenvalue weighted by Gasteiger charge is 2.37. The zero-order valence-electron chi connectivity index (χ0n) is 13.2. The van der Waals surface area contributed by atoms with Crippen molar-refractivity contribution in [3.8, 4) is 0 Å². The van der Waals surface area contributed by atoms with E-state index in [9.17, 15) is 18.0 Å². The van der Waals surface area contributed by atoms with Gasteiger partial charge < -0.3 is 5.32 Å². The van der Waals surface area contributed by atoms with Gasteiger partial charge in [-0.1, -0.05) is 17.7 Å². The van der Waals surface area contributed by atoms with Crippen molar-refractivity contribution in [3.63, 3.8) is 0 Å². The number of anilines is 2. The van der Waals surface area contributed by atoms with Gasteiger partial charge in [0.1, 0.15) is 0 Å². The van der Waals surface area contributed by atoms with Crippen LogP contribution in [0.25, 0.3) is 0 Å².